The van der Waals surface area contributed by atoms with Crippen molar-refractivity contribution in [1.82, 2.24) is 0 Å². The average molecular weight is 570 g/mol. The zero-order chi connectivity index (χ0) is 29.6. The Balaban J connectivity index is 1.35. The van der Waals surface area contributed by atoms with E-state index in [0.717, 1.165) is 28.0 Å². The highest BCUT2D eigenvalue weighted by atomic mass is 16.5. The first-order valence-corrected chi connectivity index (χ1v) is 14.9. The lowest BCUT2D eigenvalue weighted by Crippen LogP contribution is -2.38. The standard InChI is InChI=1S/C38H35NO4/c1-26-35(38(41)42-22-21-27-13-5-2-6-14-27)36(31-19-11-12-20-34(31)43-25-28-15-7-3-8-16-28)37-32(39-26)23-30(24-33(37)40)29-17-9-4-10-18-29/h2-20,30,35-36H,21-25H2,1H3/t30-,35?,36+/m0/s1. The molecule has 0 bridgehead atoms. The Morgan fingerprint density at radius 1 is 0.791 bits per heavy atom. The molecule has 1 aliphatic carbocycles. The lowest BCUT2D eigenvalue weighted by atomic mass is 9.69. The van der Waals surface area contributed by atoms with Crippen molar-refractivity contribution in [2.45, 2.75) is 44.6 Å². The molecule has 0 saturated heterocycles. The molecule has 0 N–H and O–H groups in total. The summed E-state index contributed by atoms with van der Waals surface area (Å²) in [4.78, 5) is 32.8. The van der Waals surface area contributed by atoms with Crippen molar-refractivity contribution in [3.8, 4) is 5.75 Å². The minimum atomic E-state index is -0.728. The summed E-state index contributed by atoms with van der Waals surface area (Å²) < 4.78 is 12.2. The Kier molecular flexibility index (Phi) is 8.60. The van der Waals surface area contributed by atoms with Gasteiger partial charge in [-0.25, -0.2) is 0 Å². The molecule has 3 atom stereocenters. The first kappa shape index (κ1) is 28.4. The molecule has 0 aromatic heterocycles. The normalized spacial score (nSPS) is 19.8. The van der Waals surface area contributed by atoms with Crippen LogP contribution in [0.1, 0.15) is 53.9 Å². The predicted molar refractivity (Wildman–Crippen MR) is 168 cm³/mol. The van der Waals surface area contributed by atoms with Crippen molar-refractivity contribution >= 4 is 17.5 Å². The van der Waals surface area contributed by atoms with Crippen LogP contribution in [0.25, 0.3) is 0 Å². The Morgan fingerprint density at radius 3 is 2.14 bits per heavy atom. The predicted octanol–water partition coefficient (Wildman–Crippen LogP) is 7.63. The van der Waals surface area contributed by atoms with Gasteiger partial charge in [0.1, 0.15) is 18.3 Å². The number of para-hydroxylation sites is 1. The van der Waals surface area contributed by atoms with Gasteiger partial charge in [0.25, 0.3) is 0 Å². The fourth-order valence-corrected chi connectivity index (χ4v) is 6.27. The Bertz CT molecular complexity index is 1640. The quantitative estimate of drug-likeness (QED) is 0.195. The molecule has 5 nitrogen and oxygen atoms in total. The van der Waals surface area contributed by atoms with Gasteiger partial charge in [0, 0.05) is 41.3 Å². The maximum absolute atomic E-state index is 14.0. The second-order valence-corrected chi connectivity index (χ2v) is 11.2. The molecule has 1 aliphatic heterocycles. The van der Waals surface area contributed by atoms with Gasteiger partial charge in [0.2, 0.25) is 0 Å². The Hall–Kier alpha value is -4.77. The number of benzene rings is 4. The van der Waals surface area contributed by atoms with Gasteiger partial charge in [-0.3, -0.25) is 14.6 Å². The molecular formula is C38H35NO4. The summed E-state index contributed by atoms with van der Waals surface area (Å²) in [6.45, 7) is 2.51. The monoisotopic (exact) mass is 569 g/mol. The van der Waals surface area contributed by atoms with Crippen LogP contribution in [-0.4, -0.2) is 24.1 Å². The van der Waals surface area contributed by atoms with Crippen LogP contribution in [0.2, 0.25) is 0 Å². The Labute approximate surface area is 252 Å². The smallest absolute Gasteiger partial charge is 0.315 e. The third-order valence-corrected chi connectivity index (χ3v) is 8.38. The number of carbonyl (C=O) groups excluding carboxylic acids is 2. The van der Waals surface area contributed by atoms with Gasteiger partial charge in [-0.15, -0.1) is 0 Å². The third-order valence-electron chi connectivity index (χ3n) is 8.38. The second kappa shape index (κ2) is 13.0. The summed E-state index contributed by atoms with van der Waals surface area (Å²) >= 11 is 0. The molecule has 43 heavy (non-hydrogen) atoms. The summed E-state index contributed by atoms with van der Waals surface area (Å²) in [6.07, 6.45) is 1.63. The molecule has 1 heterocycles. The molecule has 4 aromatic rings. The van der Waals surface area contributed by atoms with Gasteiger partial charge in [0.05, 0.1) is 6.61 Å². The van der Waals surface area contributed by atoms with E-state index in [2.05, 4.69) is 12.1 Å². The zero-order valence-electron chi connectivity index (χ0n) is 24.3. The van der Waals surface area contributed by atoms with Crippen LogP contribution in [0.5, 0.6) is 5.75 Å². The van der Waals surface area contributed by atoms with Crippen LogP contribution in [-0.2, 0) is 27.4 Å². The topological polar surface area (TPSA) is 65.0 Å². The van der Waals surface area contributed by atoms with E-state index >= 15 is 0 Å². The van der Waals surface area contributed by atoms with Gasteiger partial charge in [0.15, 0.2) is 5.78 Å². The van der Waals surface area contributed by atoms with Crippen LogP contribution < -0.4 is 4.74 Å². The highest BCUT2D eigenvalue weighted by molar-refractivity contribution is 6.09. The minimum Gasteiger partial charge on any atom is -0.489 e. The number of hydrogen-bond acceptors (Lipinski definition) is 5. The lowest BCUT2D eigenvalue weighted by molar-refractivity contribution is -0.146. The van der Waals surface area contributed by atoms with Crippen LogP contribution in [0.4, 0.5) is 0 Å². The van der Waals surface area contributed by atoms with E-state index in [0.29, 0.717) is 42.9 Å². The SMILES string of the molecule is CC1=NC2=C(C(=O)C[C@@H](c3ccccc3)C2)[C@H](c2ccccc2OCc2ccccc2)C1C(=O)OCCc1ccccc1. The van der Waals surface area contributed by atoms with Gasteiger partial charge >= 0.3 is 5.97 Å². The highest BCUT2D eigenvalue weighted by Crippen LogP contribution is 2.48. The van der Waals surface area contributed by atoms with Crippen molar-refractivity contribution in [3.05, 3.63) is 149 Å². The molecule has 216 valence electrons. The summed E-state index contributed by atoms with van der Waals surface area (Å²) in [5, 5.41) is 0. The number of hydrogen-bond donors (Lipinski definition) is 0. The van der Waals surface area contributed by atoms with Crippen molar-refractivity contribution in [1.29, 1.82) is 0 Å². The van der Waals surface area contributed by atoms with E-state index in [-0.39, 0.29) is 24.3 Å². The summed E-state index contributed by atoms with van der Waals surface area (Å²) in [5.74, 6) is -0.927. The van der Waals surface area contributed by atoms with Gasteiger partial charge in [-0.05, 0) is 42.0 Å². The summed E-state index contributed by atoms with van der Waals surface area (Å²) in [5.41, 5.74) is 6.09. The molecule has 0 fully saturated rings. The van der Waals surface area contributed by atoms with Crippen molar-refractivity contribution in [3.63, 3.8) is 0 Å². The zero-order valence-corrected chi connectivity index (χ0v) is 24.3. The van der Waals surface area contributed by atoms with Crippen molar-refractivity contribution in [2.75, 3.05) is 6.61 Å². The van der Waals surface area contributed by atoms with E-state index in [1.165, 1.54) is 0 Å². The first-order valence-electron chi connectivity index (χ1n) is 14.9. The largest absolute Gasteiger partial charge is 0.489 e. The molecule has 0 amide bonds. The molecule has 0 saturated carbocycles. The molecule has 0 spiro atoms. The number of ketones is 1. The molecular weight excluding hydrogens is 534 g/mol. The minimum absolute atomic E-state index is 0.0244. The number of rotatable bonds is 9. The molecule has 0 radical (unpaired) electrons. The fraction of sp³-hybridized carbons (Fsp3) is 0.237. The number of allylic oxidation sites excluding steroid dienone is 2. The van der Waals surface area contributed by atoms with Crippen LogP contribution in [0.3, 0.4) is 0 Å². The van der Waals surface area contributed by atoms with Gasteiger partial charge in [-0.1, -0.05) is 109 Å². The fourth-order valence-electron chi connectivity index (χ4n) is 6.27. The molecule has 6 rings (SSSR count). The van der Waals surface area contributed by atoms with E-state index in [1.54, 1.807) is 0 Å². The third kappa shape index (κ3) is 6.36. The number of nitrogens with zero attached hydrogens (tertiary/aromatic N) is 1. The number of aliphatic imine (C=N–C) groups is 1. The van der Waals surface area contributed by atoms with E-state index < -0.39 is 11.8 Å². The highest BCUT2D eigenvalue weighted by Gasteiger charge is 2.45. The van der Waals surface area contributed by atoms with Crippen molar-refractivity contribution < 1.29 is 19.1 Å². The number of carbonyl (C=O) groups is 2. The van der Waals surface area contributed by atoms with E-state index in [1.807, 2.05) is 110 Å². The summed E-state index contributed by atoms with van der Waals surface area (Å²) in [7, 11) is 0. The lowest BCUT2D eigenvalue weighted by Gasteiger charge is -2.37. The number of esters is 1. The number of Topliss-reactive ketones (excluding diaryl/α,β-unsaturated/α-hetero) is 1. The number of ether oxygens (including phenoxy) is 2. The molecule has 4 aromatic carbocycles. The maximum Gasteiger partial charge on any atom is 0.315 e. The molecule has 2 aliphatic rings. The summed E-state index contributed by atoms with van der Waals surface area (Å²) in [6, 6.07) is 37.8. The Morgan fingerprint density at radius 2 is 1.42 bits per heavy atom. The van der Waals surface area contributed by atoms with E-state index in [9.17, 15) is 9.59 Å². The van der Waals surface area contributed by atoms with Crippen molar-refractivity contribution in [2.24, 2.45) is 10.9 Å². The van der Waals surface area contributed by atoms with Gasteiger partial charge in [-0.2, -0.15) is 0 Å². The first-order chi connectivity index (χ1) is 21.1. The van der Waals surface area contributed by atoms with E-state index in [4.69, 9.17) is 14.5 Å². The van der Waals surface area contributed by atoms with Crippen LogP contribution in [0.15, 0.2) is 132 Å². The average Bonchev–Trinajstić information content (AvgIpc) is 3.04. The second-order valence-electron chi connectivity index (χ2n) is 11.2. The van der Waals surface area contributed by atoms with Crippen LogP contribution >= 0.6 is 0 Å². The van der Waals surface area contributed by atoms with Crippen LogP contribution in [0, 0.1) is 5.92 Å². The maximum atomic E-state index is 14.0. The van der Waals surface area contributed by atoms with Gasteiger partial charge < -0.3 is 9.47 Å². The molecule has 5 heteroatoms. The molecule has 1 unspecified atom stereocenters.